The molecule has 1 aromatic heterocycles. The highest BCUT2D eigenvalue weighted by Gasteiger charge is 2.20. The molecule has 2 atom stereocenters. The number of carbonyl (C=O) groups is 5. The number of hydrogen-bond acceptors (Lipinski definition) is 7. The van der Waals surface area contributed by atoms with Crippen LogP contribution in [0.1, 0.15) is 76.8 Å². The summed E-state index contributed by atoms with van der Waals surface area (Å²) >= 11 is 0. The number of aliphatic carboxylic acids is 3. The van der Waals surface area contributed by atoms with Crippen LogP contribution in [0.5, 0.6) is 0 Å². The molecule has 0 saturated carbocycles. The van der Waals surface area contributed by atoms with Crippen molar-refractivity contribution in [3.8, 4) is 0 Å². The maximum Gasteiger partial charge on any atom is 0.326 e. The molecule has 0 saturated heterocycles. The van der Waals surface area contributed by atoms with Crippen molar-refractivity contribution >= 4 is 29.8 Å². The first-order chi connectivity index (χ1) is 18.1. The van der Waals surface area contributed by atoms with E-state index in [1.165, 1.54) is 0 Å². The van der Waals surface area contributed by atoms with E-state index in [2.05, 4.69) is 26.3 Å². The molecule has 38 heavy (non-hydrogen) atoms. The molecular weight excluding hydrogens is 500 g/mol. The van der Waals surface area contributed by atoms with Crippen LogP contribution in [0.2, 0.25) is 0 Å². The predicted molar refractivity (Wildman–Crippen MR) is 135 cm³/mol. The second-order valence-corrected chi connectivity index (χ2v) is 9.21. The van der Waals surface area contributed by atoms with Crippen LogP contribution in [0, 0.1) is 5.92 Å². The van der Waals surface area contributed by atoms with Crippen LogP contribution < -0.4 is 16.0 Å². The number of carbonyl (C=O) groups excluding carboxylic acids is 2. The van der Waals surface area contributed by atoms with Gasteiger partial charge in [-0.15, -0.1) is 5.10 Å². The van der Waals surface area contributed by atoms with E-state index in [1.54, 1.807) is 17.8 Å². The molecule has 214 valence electrons. The summed E-state index contributed by atoms with van der Waals surface area (Å²) in [6.45, 7) is 3.21. The number of aromatic nitrogens is 3. The first kappa shape index (κ1) is 32.3. The highest BCUT2D eigenvalue weighted by molar-refractivity contribution is 5.83. The van der Waals surface area contributed by atoms with Crippen molar-refractivity contribution in [3.05, 3.63) is 11.9 Å². The van der Waals surface area contributed by atoms with Crippen molar-refractivity contribution in [1.29, 1.82) is 0 Å². The van der Waals surface area contributed by atoms with Gasteiger partial charge in [-0.3, -0.25) is 19.1 Å². The van der Waals surface area contributed by atoms with E-state index in [0.29, 0.717) is 44.6 Å². The minimum absolute atomic E-state index is 0.00274. The standard InChI is InChI=1S/C24H40N6O8/c1-17(22(34)35)15-18-16-30(29-28-18)14-8-3-2-5-9-20(31)25-12-6-4-7-13-26-24(38)27-19(23(36)37)10-11-21(32)33/h16-17,19H,2-15H2,1H3,(H,25,31)(H,32,33)(H,34,35)(H,36,37)(H2,26,27,38)/t17?,19-/m0/s1. The summed E-state index contributed by atoms with van der Waals surface area (Å²) in [6, 6.07) is -1.92. The van der Waals surface area contributed by atoms with Gasteiger partial charge in [0.2, 0.25) is 5.91 Å². The number of carboxylic acids is 3. The second kappa shape index (κ2) is 18.5. The van der Waals surface area contributed by atoms with Gasteiger partial charge < -0.3 is 31.3 Å². The zero-order chi connectivity index (χ0) is 28.3. The summed E-state index contributed by atoms with van der Waals surface area (Å²) in [5.74, 6) is -3.78. The number of hydrogen-bond donors (Lipinski definition) is 6. The smallest absolute Gasteiger partial charge is 0.326 e. The molecule has 14 nitrogen and oxygen atoms in total. The molecule has 0 aliphatic rings. The van der Waals surface area contributed by atoms with Gasteiger partial charge in [-0.2, -0.15) is 0 Å². The van der Waals surface area contributed by atoms with Gasteiger partial charge in [0.25, 0.3) is 0 Å². The Morgan fingerprint density at radius 3 is 2.18 bits per heavy atom. The molecule has 14 heteroatoms. The number of aryl methyl sites for hydroxylation is 1. The van der Waals surface area contributed by atoms with Gasteiger partial charge in [-0.05, 0) is 38.5 Å². The van der Waals surface area contributed by atoms with Crippen LogP contribution >= 0.6 is 0 Å². The van der Waals surface area contributed by atoms with Crippen molar-refractivity contribution in [1.82, 2.24) is 30.9 Å². The molecule has 0 aliphatic heterocycles. The number of unbranched alkanes of at least 4 members (excludes halogenated alkanes) is 5. The number of amides is 3. The Hall–Kier alpha value is -3.71. The van der Waals surface area contributed by atoms with E-state index in [1.807, 2.05) is 0 Å². The van der Waals surface area contributed by atoms with Gasteiger partial charge in [0.1, 0.15) is 6.04 Å². The third-order valence-electron chi connectivity index (χ3n) is 5.78. The normalized spacial score (nSPS) is 12.3. The molecule has 1 heterocycles. The van der Waals surface area contributed by atoms with E-state index >= 15 is 0 Å². The SMILES string of the molecule is CC(Cc1cn(CCCCCCC(=O)NCCCCCNC(=O)N[C@@H](CCC(=O)O)C(=O)O)nn1)C(=O)O. The van der Waals surface area contributed by atoms with E-state index in [4.69, 9.17) is 15.3 Å². The Morgan fingerprint density at radius 2 is 1.53 bits per heavy atom. The Kier molecular flexibility index (Phi) is 15.8. The van der Waals surface area contributed by atoms with Gasteiger partial charge >= 0.3 is 23.9 Å². The molecule has 3 amide bonds. The molecule has 0 bridgehead atoms. The monoisotopic (exact) mass is 540 g/mol. The quantitative estimate of drug-likeness (QED) is 0.123. The van der Waals surface area contributed by atoms with Crippen LogP contribution in [0.3, 0.4) is 0 Å². The van der Waals surface area contributed by atoms with E-state index in [9.17, 15) is 24.0 Å². The maximum atomic E-state index is 11.9. The highest BCUT2D eigenvalue weighted by Crippen LogP contribution is 2.08. The molecule has 1 rings (SSSR count). The van der Waals surface area contributed by atoms with Gasteiger partial charge in [-0.1, -0.05) is 25.0 Å². The number of nitrogens with zero attached hydrogens (tertiary/aromatic N) is 3. The van der Waals surface area contributed by atoms with E-state index in [-0.39, 0.29) is 18.7 Å². The van der Waals surface area contributed by atoms with Crippen LogP contribution in [0.25, 0.3) is 0 Å². The van der Waals surface area contributed by atoms with Gasteiger partial charge in [0.15, 0.2) is 0 Å². The summed E-state index contributed by atoms with van der Waals surface area (Å²) in [5, 5.41) is 42.3. The van der Waals surface area contributed by atoms with Gasteiger partial charge in [-0.25, -0.2) is 9.59 Å². The summed E-state index contributed by atoms with van der Waals surface area (Å²) in [4.78, 5) is 56.2. The Labute approximate surface area is 221 Å². The van der Waals surface area contributed by atoms with Crippen molar-refractivity contribution in [2.75, 3.05) is 13.1 Å². The fraction of sp³-hybridized carbons (Fsp3) is 0.708. The number of carboxylic acid groups (broad SMARTS) is 3. The largest absolute Gasteiger partial charge is 0.481 e. The fourth-order valence-electron chi connectivity index (χ4n) is 3.53. The summed E-state index contributed by atoms with van der Waals surface area (Å²) in [7, 11) is 0. The molecule has 0 radical (unpaired) electrons. The summed E-state index contributed by atoms with van der Waals surface area (Å²) in [5.41, 5.74) is 0.664. The van der Waals surface area contributed by atoms with E-state index < -0.39 is 35.9 Å². The Bertz CT molecular complexity index is 906. The third kappa shape index (κ3) is 15.4. The van der Waals surface area contributed by atoms with Crippen LogP contribution in [-0.4, -0.2) is 79.3 Å². The molecule has 6 N–H and O–H groups in total. The van der Waals surface area contributed by atoms with Crippen LogP contribution in [-0.2, 0) is 32.1 Å². The number of nitrogens with one attached hydrogen (secondary N) is 3. The highest BCUT2D eigenvalue weighted by atomic mass is 16.4. The first-order valence-electron chi connectivity index (χ1n) is 13.0. The molecule has 0 fully saturated rings. The minimum Gasteiger partial charge on any atom is -0.481 e. The van der Waals surface area contributed by atoms with Crippen molar-refractivity contribution in [2.24, 2.45) is 5.92 Å². The lowest BCUT2D eigenvalue weighted by Crippen LogP contribution is -2.46. The average Bonchev–Trinajstić information content (AvgIpc) is 3.29. The first-order valence-corrected chi connectivity index (χ1v) is 13.0. The lowest BCUT2D eigenvalue weighted by molar-refractivity contribution is -0.142. The van der Waals surface area contributed by atoms with Crippen molar-refractivity contribution in [2.45, 2.75) is 90.1 Å². The summed E-state index contributed by atoms with van der Waals surface area (Å²) in [6.07, 6.45) is 7.73. The number of rotatable bonds is 21. The lowest BCUT2D eigenvalue weighted by Gasteiger charge is -2.14. The van der Waals surface area contributed by atoms with Crippen LogP contribution in [0.4, 0.5) is 4.79 Å². The third-order valence-corrected chi connectivity index (χ3v) is 5.78. The van der Waals surface area contributed by atoms with Crippen molar-refractivity contribution in [3.63, 3.8) is 0 Å². The van der Waals surface area contributed by atoms with Gasteiger partial charge in [0.05, 0.1) is 11.6 Å². The van der Waals surface area contributed by atoms with Gasteiger partial charge in [0, 0.05) is 45.1 Å². The zero-order valence-electron chi connectivity index (χ0n) is 21.9. The molecule has 0 spiro atoms. The average molecular weight is 541 g/mol. The predicted octanol–water partition coefficient (Wildman–Crippen LogP) is 1.40. The maximum absolute atomic E-state index is 11.9. The number of urea groups is 1. The zero-order valence-corrected chi connectivity index (χ0v) is 21.9. The van der Waals surface area contributed by atoms with E-state index in [0.717, 1.165) is 38.5 Å². The molecule has 1 unspecified atom stereocenters. The van der Waals surface area contributed by atoms with Crippen molar-refractivity contribution < 1.29 is 39.3 Å². The molecule has 0 aliphatic carbocycles. The Balaban J connectivity index is 2.00. The minimum atomic E-state index is -1.29. The molecular formula is C24H40N6O8. The Morgan fingerprint density at radius 1 is 0.868 bits per heavy atom. The molecule has 1 aromatic rings. The summed E-state index contributed by atoms with van der Waals surface area (Å²) < 4.78 is 1.72. The topological polar surface area (TPSA) is 213 Å². The second-order valence-electron chi connectivity index (χ2n) is 9.21. The molecule has 0 aromatic carbocycles. The lowest BCUT2D eigenvalue weighted by atomic mass is 10.1. The van der Waals surface area contributed by atoms with Crippen LogP contribution in [0.15, 0.2) is 6.20 Å². The fourth-order valence-corrected chi connectivity index (χ4v) is 3.53.